The van der Waals surface area contributed by atoms with Gasteiger partial charge in [-0.2, -0.15) is 0 Å². The second kappa shape index (κ2) is 9.09. The summed E-state index contributed by atoms with van der Waals surface area (Å²) in [6, 6.07) is 5.71. The van der Waals surface area contributed by atoms with Gasteiger partial charge in [0.1, 0.15) is 18.2 Å². The van der Waals surface area contributed by atoms with Gasteiger partial charge in [-0.05, 0) is 31.0 Å². The molecule has 0 radical (unpaired) electrons. The first-order chi connectivity index (χ1) is 14.0. The van der Waals surface area contributed by atoms with Crippen molar-refractivity contribution in [2.45, 2.75) is 31.3 Å². The average Bonchev–Trinajstić information content (AvgIpc) is 2.70. The van der Waals surface area contributed by atoms with E-state index in [1.165, 1.54) is 30.0 Å². The van der Waals surface area contributed by atoms with Crippen molar-refractivity contribution in [2.75, 3.05) is 17.7 Å². The number of anilines is 1. The fraction of sp³-hybridized carbons (Fsp3) is 0.286. The van der Waals surface area contributed by atoms with Gasteiger partial charge in [-0.25, -0.2) is 14.2 Å². The number of nitrogens with one attached hydrogen (secondary N) is 2. The number of hydrogen-bond donors (Lipinski definition) is 2. The molecule has 0 fully saturated rings. The fourth-order valence-corrected chi connectivity index (χ4v) is 3.89. The summed E-state index contributed by atoms with van der Waals surface area (Å²) < 4.78 is 18.7. The van der Waals surface area contributed by atoms with Gasteiger partial charge in [0.15, 0.2) is 5.16 Å². The molecule has 3 rings (SSSR count). The maximum absolute atomic E-state index is 13.5. The molecule has 2 heterocycles. The van der Waals surface area contributed by atoms with Crippen LogP contribution in [0, 0.1) is 5.82 Å². The molecule has 0 spiro atoms. The highest BCUT2D eigenvalue weighted by atomic mass is 32.2. The maximum atomic E-state index is 13.5. The van der Waals surface area contributed by atoms with Crippen molar-refractivity contribution in [3.8, 4) is 0 Å². The molecule has 1 unspecified atom stereocenters. The number of aromatic amines is 1. The molecule has 29 heavy (non-hydrogen) atoms. The van der Waals surface area contributed by atoms with Crippen molar-refractivity contribution in [3.63, 3.8) is 0 Å². The molecule has 0 amide bonds. The van der Waals surface area contributed by atoms with Crippen LogP contribution in [0.25, 0.3) is 0 Å². The summed E-state index contributed by atoms with van der Waals surface area (Å²) in [5, 5.41) is 3.58. The van der Waals surface area contributed by atoms with Crippen LogP contribution < -0.4 is 10.9 Å². The normalized spacial score (nSPS) is 15.5. The Labute approximate surface area is 172 Å². The lowest BCUT2D eigenvalue weighted by molar-refractivity contribution is -0.138. The van der Waals surface area contributed by atoms with Crippen molar-refractivity contribution < 1.29 is 13.9 Å². The minimum Gasteiger partial charge on any atom is -0.458 e. The van der Waals surface area contributed by atoms with Crippen molar-refractivity contribution in [3.05, 3.63) is 75.5 Å². The zero-order valence-corrected chi connectivity index (χ0v) is 17.1. The van der Waals surface area contributed by atoms with E-state index in [1.807, 2.05) is 6.92 Å². The first kappa shape index (κ1) is 20.9. The third-order valence-corrected chi connectivity index (χ3v) is 5.50. The van der Waals surface area contributed by atoms with Crippen LogP contribution in [0.3, 0.4) is 0 Å². The molecule has 8 heteroatoms. The number of halogens is 1. The molecule has 1 aliphatic rings. The fourth-order valence-electron chi connectivity index (χ4n) is 3.17. The topological polar surface area (TPSA) is 84.1 Å². The molecule has 1 aromatic heterocycles. The summed E-state index contributed by atoms with van der Waals surface area (Å²) in [6.45, 7) is 7.36. The predicted octanol–water partition coefficient (Wildman–Crippen LogP) is 3.97. The Morgan fingerprint density at radius 1 is 1.38 bits per heavy atom. The Hall–Kier alpha value is -2.87. The lowest BCUT2D eigenvalue weighted by Gasteiger charge is -2.28. The molecule has 1 atom stereocenters. The van der Waals surface area contributed by atoms with Gasteiger partial charge in [0.2, 0.25) is 0 Å². The van der Waals surface area contributed by atoms with E-state index in [-0.39, 0.29) is 17.7 Å². The zero-order valence-electron chi connectivity index (χ0n) is 16.3. The molecular weight excluding hydrogens is 393 g/mol. The molecule has 0 saturated heterocycles. The third kappa shape index (κ3) is 4.42. The maximum Gasteiger partial charge on any atom is 0.337 e. The van der Waals surface area contributed by atoms with E-state index in [2.05, 4.69) is 21.9 Å². The van der Waals surface area contributed by atoms with E-state index >= 15 is 0 Å². The van der Waals surface area contributed by atoms with E-state index in [1.54, 1.807) is 19.1 Å². The lowest BCUT2D eigenvalue weighted by Crippen LogP contribution is -2.31. The number of aromatic nitrogens is 2. The van der Waals surface area contributed by atoms with E-state index in [0.29, 0.717) is 27.8 Å². The lowest BCUT2D eigenvalue weighted by atomic mass is 9.82. The number of carbonyl (C=O) groups excluding carboxylic acids is 1. The van der Waals surface area contributed by atoms with E-state index < -0.39 is 17.7 Å². The van der Waals surface area contributed by atoms with Gasteiger partial charge < -0.3 is 15.0 Å². The van der Waals surface area contributed by atoms with Crippen molar-refractivity contribution >= 4 is 23.5 Å². The summed E-state index contributed by atoms with van der Waals surface area (Å²) in [5.41, 5.74) is 1.36. The van der Waals surface area contributed by atoms with E-state index in [9.17, 15) is 14.0 Å². The summed E-state index contributed by atoms with van der Waals surface area (Å²) in [5.74, 6) is -0.501. The van der Waals surface area contributed by atoms with Crippen molar-refractivity contribution in [1.82, 2.24) is 9.97 Å². The Morgan fingerprint density at radius 2 is 2.10 bits per heavy atom. The van der Waals surface area contributed by atoms with Gasteiger partial charge in [0.25, 0.3) is 5.56 Å². The number of carbonyl (C=O) groups is 1. The zero-order chi connectivity index (χ0) is 21.0. The van der Waals surface area contributed by atoms with Crippen molar-refractivity contribution in [1.29, 1.82) is 0 Å². The largest absolute Gasteiger partial charge is 0.458 e. The molecule has 0 aliphatic carbocycles. The molecule has 1 aromatic carbocycles. The number of H-pyrrole nitrogens is 1. The monoisotopic (exact) mass is 415 g/mol. The van der Waals surface area contributed by atoms with Gasteiger partial charge in [-0.3, -0.25) is 4.79 Å². The van der Waals surface area contributed by atoms with Gasteiger partial charge in [0, 0.05) is 11.4 Å². The number of fused-ring (bicyclic) bond motifs is 1. The van der Waals surface area contributed by atoms with Crippen LogP contribution in [-0.4, -0.2) is 28.3 Å². The summed E-state index contributed by atoms with van der Waals surface area (Å²) in [4.78, 5) is 33.1. The van der Waals surface area contributed by atoms with Crippen LogP contribution in [0.2, 0.25) is 0 Å². The summed E-state index contributed by atoms with van der Waals surface area (Å²) in [7, 11) is 0. The number of nitrogens with zero attached hydrogens (tertiary/aromatic N) is 1. The number of esters is 1. The number of allylic oxidation sites excluding steroid dienone is 1. The van der Waals surface area contributed by atoms with Crippen LogP contribution in [-0.2, 0) is 9.53 Å². The number of thioether (sulfide) groups is 1. The molecule has 2 aromatic rings. The van der Waals surface area contributed by atoms with E-state index in [0.717, 1.165) is 12.2 Å². The summed E-state index contributed by atoms with van der Waals surface area (Å²) >= 11 is 1.45. The smallest absolute Gasteiger partial charge is 0.337 e. The third-order valence-electron chi connectivity index (χ3n) is 4.42. The second-order valence-corrected chi connectivity index (χ2v) is 7.60. The van der Waals surface area contributed by atoms with Crippen LogP contribution in [0.5, 0.6) is 0 Å². The van der Waals surface area contributed by atoms with Crippen LogP contribution >= 0.6 is 11.8 Å². The highest BCUT2D eigenvalue weighted by molar-refractivity contribution is 7.99. The molecule has 2 N–H and O–H groups in total. The number of benzene rings is 1. The Kier molecular flexibility index (Phi) is 6.53. The number of hydrogen-bond acceptors (Lipinski definition) is 6. The average molecular weight is 415 g/mol. The SMILES string of the molecule is C=CCOC(=O)C1=C(C)Nc2nc(SCCC)[nH]c(=O)c2C1c1ccc(F)cc1. The van der Waals surface area contributed by atoms with Gasteiger partial charge >= 0.3 is 5.97 Å². The minimum absolute atomic E-state index is 0.0415. The number of ether oxygens (including phenoxy) is 1. The molecule has 152 valence electrons. The molecule has 0 saturated carbocycles. The first-order valence-corrected chi connectivity index (χ1v) is 10.2. The Bertz CT molecular complexity index is 1010. The highest BCUT2D eigenvalue weighted by Gasteiger charge is 2.36. The molecule has 0 bridgehead atoms. The number of rotatable bonds is 7. The Morgan fingerprint density at radius 3 is 2.76 bits per heavy atom. The van der Waals surface area contributed by atoms with Crippen molar-refractivity contribution in [2.24, 2.45) is 0 Å². The predicted molar refractivity (Wildman–Crippen MR) is 112 cm³/mol. The highest BCUT2D eigenvalue weighted by Crippen LogP contribution is 2.40. The molecule has 6 nitrogen and oxygen atoms in total. The second-order valence-electron chi connectivity index (χ2n) is 6.52. The van der Waals surface area contributed by atoms with Crippen LogP contribution in [0.4, 0.5) is 10.2 Å². The van der Waals surface area contributed by atoms with Crippen LogP contribution in [0.1, 0.15) is 37.3 Å². The standard InChI is InChI=1S/C21H22FN3O3S/c1-4-10-28-20(27)15-12(3)23-18-17(16(15)13-6-8-14(22)9-7-13)19(26)25-21(24-18)29-11-5-2/h4,6-9,16H,1,5,10-11H2,2-3H3,(H2,23,24,25,26). The minimum atomic E-state index is -0.731. The van der Waals surface area contributed by atoms with Gasteiger partial charge in [-0.15, -0.1) is 0 Å². The quantitative estimate of drug-likeness (QED) is 0.308. The van der Waals surface area contributed by atoms with E-state index in [4.69, 9.17) is 4.74 Å². The van der Waals surface area contributed by atoms with Crippen LogP contribution in [0.15, 0.2) is 58.1 Å². The Balaban J connectivity index is 2.15. The summed E-state index contributed by atoms with van der Waals surface area (Å²) in [6.07, 6.45) is 2.41. The first-order valence-electron chi connectivity index (χ1n) is 9.24. The molecular formula is C21H22FN3O3S. The van der Waals surface area contributed by atoms with Gasteiger partial charge in [0.05, 0.1) is 17.1 Å². The van der Waals surface area contributed by atoms with Gasteiger partial charge in [-0.1, -0.05) is 43.5 Å². The molecule has 1 aliphatic heterocycles.